The Morgan fingerprint density at radius 3 is 2.51 bits per heavy atom. The SMILES string of the molecule is CC1=CC(=O)C2=C(C[C@@H]3C(=CC[C@@H]4C(=O)N(c5cccc(C(=O)O)c5)C(=O)[C@@H]43)[C@@H]2c2ccc(O)c(F)c2)C1=O. The minimum atomic E-state index is -1.20. The monoisotopic (exact) mass is 527 g/mol. The number of phenols is 1. The average Bonchev–Trinajstić information content (AvgIpc) is 3.17. The Morgan fingerprint density at radius 2 is 1.79 bits per heavy atom. The smallest absolute Gasteiger partial charge is 0.335 e. The van der Waals surface area contributed by atoms with Crippen LogP contribution in [0.15, 0.2) is 76.9 Å². The summed E-state index contributed by atoms with van der Waals surface area (Å²) in [5, 5.41) is 19.1. The first-order valence-electron chi connectivity index (χ1n) is 12.5. The Kier molecular flexibility index (Phi) is 5.50. The molecule has 1 fully saturated rings. The average molecular weight is 528 g/mol. The Hall–Kier alpha value is -4.66. The number of carbonyl (C=O) groups is 5. The summed E-state index contributed by atoms with van der Waals surface area (Å²) in [5.74, 6) is -7.35. The van der Waals surface area contributed by atoms with Crippen LogP contribution in [0.1, 0.15) is 41.6 Å². The number of ketones is 2. The quantitative estimate of drug-likeness (QED) is 0.352. The third-order valence-corrected chi connectivity index (χ3v) is 8.22. The van der Waals surface area contributed by atoms with Gasteiger partial charge in [0.2, 0.25) is 11.8 Å². The molecular formula is C30H22FNO7. The summed E-state index contributed by atoms with van der Waals surface area (Å²) < 4.78 is 14.5. The van der Waals surface area contributed by atoms with Gasteiger partial charge in [0.15, 0.2) is 23.1 Å². The number of carboxylic acids is 1. The number of anilines is 1. The molecule has 2 aromatic rings. The topological polar surface area (TPSA) is 129 Å². The minimum absolute atomic E-state index is 0.0666. The molecule has 196 valence electrons. The zero-order chi connectivity index (χ0) is 27.7. The molecule has 0 radical (unpaired) electrons. The van der Waals surface area contributed by atoms with E-state index in [9.17, 15) is 38.6 Å². The third kappa shape index (κ3) is 3.60. The van der Waals surface area contributed by atoms with Crippen molar-refractivity contribution >= 4 is 35.0 Å². The number of aromatic hydroxyl groups is 1. The number of amides is 2. The molecule has 0 saturated carbocycles. The molecule has 9 heteroatoms. The van der Waals surface area contributed by atoms with E-state index in [0.29, 0.717) is 11.1 Å². The van der Waals surface area contributed by atoms with Crippen LogP contribution < -0.4 is 4.90 Å². The molecule has 8 nitrogen and oxygen atoms in total. The number of phenolic OH excluding ortho intramolecular Hbond substituents is 1. The lowest BCUT2D eigenvalue weighted by molar-refractivity contribution is -0.123. The van der Waals surface area contributed by atoms with Crippen LogP contribution in [0.3, 0.4) is 0 Å². The molecule has 0 spiro atoms. The first kappa shape index (κ1) is 24.7. The molecule has 1 saturated heterocycles. The number of imide groups is 1. The maximum Gasteiger partial charge on any atom is 0.335 e. The largest absolute Gasteiger partial charge is 0.505 e. The van der Waals surface area contributed by atoms with Crippen LogP contribution in [0.2, 0.25) is 0 Å². The Bertz CT molecular complexity index is 1630. The van der Waals surface area contributed by atoms with Crippen LogP contribution in [0.25, 0.3) is 0 Å². The van der Waals surface area contributed by atoms with Gasteiger partial charge in [-0.15, -0.1) is 0 Å². The first-order chi connectivity index (χ1) is 18.6. The number of rotatable bonds is 3. The van der Waals surface area contributed by atoms with E-state index in [1.807, 2.05) is 0 Å². The van der Waals surface area contributed by atoms with Crippen molar-refractivity contribution in [2.24, 2.45) is 17.8 Å². The number of allylic oxidation sites excluding steroid dienone is 6. The summed E-state index contributed by atoms with van der Waals surface area (Å²) >= 11 is 0. The van der Waals surface area contributed by atoms with Crippen LogP contribution in [-0.4, -0.2) is 39.6 Å². The van der Waals surface area contributed by atoms with Crippen molar-refractivity contribution < 1.29 is 38.6 Å². The predicted molar refractivity (Wildman–Crippen MR) is 135 cm³/mol. The second-order valence-electron chi connectivity index (χ2n) is 10.3. The van der Waals surface area contributed by atoms with Crippen molar-refractivity contribution in [3.8, 4) is 5.75 Å². The molecule has 4 atom stereocenters. The van der Waals surface area contributed by atoms with Gasteiger partial charge < -0.3 is 10.2 Å². The van der Waals surface area contributed by atoms with Gasteiger partial charge in [-0.05, 0) is 67.7 Å². The van der Waals surface area contributed by atoms with E-state index in [-0.39, 0.29) is 52.4 Å². The third-order valence-electron chi connectivity index (χ3n) is 8.22. The van der Waals surface area contributed by atoms with Gasteiger partial charge in [-0.2, -0.15) is 0 Å². The maximum atomic E-state index is 14.5. The fourth-order valence-corrected chi connectivity index (χ4v) is 6.50. The standard InChI is InChI=1S/C30H22FNO7/c1-13-9-23(34)26-20(27(13)35)12-19-17(24(26)14-5-8-22(33)21(31)11-14)6-7-18-25(19)29(37)32(28(18)36)16-4-2-3-15(10-16)30(38)39/h2-6,8-11,18-19,24-25,33H,7,12H2,1H3,(H,38,39)/t18-,19+,24-,25-/m0/s1. The molecule has 0 unspecified atom stereocenters. The lowest BCUT2D eigenvalue weighted by Crippen LogP contribution is -2.39. The van der Waals surface area contributed by atoms with Gasteiger partial charge in [-0.3, -0.25) is 24.1 Å². The Labute approximate surface area is 221 Å². The molecule has 1 aliphatic heterocycles. The minimum Gasteiger partial charge on any atom is -0.505 e. The van der Waals surface area contributed by atoms with E-state index in [1.54, 1.807) is 6.08 Å². The highest BCUT2D eigenvalue weighted by atomic mass is 19.1. The molecule has 39 heavy (non-hydrogen) atoms. The molecular weight excluding hydrogens is 505 g/mol. The van der Waals surface area contributed by atoms with Crippen molar-refractivity contribution in [1.82, 2.24) is 0 Å². The lowest BCUT2D eigenvalue weighted by atomic mass is 9.59. The fraction of sp³-hybridized carbons (Fsp3) is 0.233. The second-order valence-corrected chi connectivity index (χ2v) is 10.3. The molecule has 4 aliphatic rings. The van der Waals surface area contributed by atoms with Gasteiger partial charge in [0.05, 0.1) is 23.1 Å². The predicted octanol–water partition coefficient (Wildman–Crippen LogP) is 3.86. The second kappa shape index (κ2) is 8.69. The molecule has 2 N–H and O–H groups in total. The van der Waals surface area contributed by atoms with Crippen molar-refractivity contribution in [3.63, 3.8) is 0 Å². The molecule has 0 bridgehead atoms. The molecule has 2 amide bonds. The van der Waals surface area contributed by atoms with Crippen molar-refractivity contribution in [1.29, 1.82) is 0 Å². The van der Waals surface area contributed by atoms with Crippen LogP contribution in [0.5, 0.6) is 5.75 Å². The number of hydrogen-bond donors (Lipinski definition) is 2. The highest BCUT2D eigenvalue weighted by Crippen LogP contribution is 2.55. The summed E-state index contributed by atoms with van der Waals surface area (Å²) in [7, 11) is 0. The molecule has 3 aliphatic carbocycles. The van der Waals surface area contributed by atoms with Crippen LogP contribution >= 0.6 is 0 Å². The van der Waals surface area contributed by atoms with Gasteiger partial charge in [0.1, 0.15) is 0 Å². The van der Waals surface area contributed by atoms with Gasteiger partial charge in [0.25, 0.3) is 0 Å². The summed E-state index contributed by atoms with van der Waals surface area (Å²) in [6, 6.07) is 9.37. The van der Waals surface area contributed by atoms with Crippen molar-refractivity contribution in [2.45, 2.75) is 25.7 Å². The number of carbonyl (C=O) groups excluding carboxylic acids is 4. The fourth-order valence-electron chi connectivity index (χ4n) is 6.50. The molecule has 2 aromatic carbocycles. The zero-order valence-corrected chi connectivity index (χ0v) is 20.7. The number of hydrogen-bond acceptors (Lipinski definition) is 6. The number of fused-ring (bicyclic) bond motifs is 3. The lowest BCUT2D eigenvalue weighted by Gasteiger charge is -2.42. The highest BCUT2D eigenvalue weighted by molar-refractivity contribution is 6.25. The molecule has 1 heterocycles. The van der Waals surface area contributed by atoms with E-state index in [0.717, 1.165) is 11.0 Å². The number of nitrogens with zero attached hydrogens (tertiary/aromatic N) is 1. The number of benzene rings is 2. The van der Waals surface area contributed by atoms with E-state index in [4.69, 9.17) is 0 Å². The normalized spacial score (nSPS) is 26.2. The van der Waals surface area contributed by atoms with Gasteiger partial charge in [-0.25, -0.2) is 9.18 Å². The number of halogens is 1. The van der Waals surface area contributed by atoms with E-state index < -0.39 is 53.0 Å². The van der Waals surface area contributed by atoms with E-state index in [2.05, 4.69) is 0 Å². The summed E-state index contributed by atoms with van der Waals surface area (Å²) in [6.45, 7) is 1.54. The summed E-state index contributed by atoms with van der Waals surface area (Å²) in [5.41, 5.74) is 1.80. The van der Waals surface area contributed by atoms with Crippen LogP contribution in [0, 0.1) is 23.6 Å². The van der Waals surface area contributed by atoms with E-state index in [1.165, 1.54) is 49.4 Å². The van der Waals surface area contributed by atoms with Gasteiger partial charge >= 0.3 is 5.97 Å². The Balaban J connectivity index is 1.48. The van der Waals surface area contributed by atoms with Crippen LogP contribution in [-0.2, 0) is 19.2 Å². The highest BCUT2D eigenvalue weighted by Gasteiger charge is 2.56. The number of aromatic carboxylic acids is 1. The van der Waals surface area contributed by atoms with Crippen molar-refractivity contribution in [2.75, 3.05) is 4.90 Å². The molecule has 6 rings (SSSR count). The first-order valence-corrected chi connectivity index (χ1v) is 12.5. The maximum absolute atomic E-state index is 14.5. The zero-order valence-electron chi connectivity index (χ0n) is 20.7. The Morgan fingerprint density at radius 1 is 1.03 bits per heavy atom. The van der Waals surface area contributed by atoms with E-state index >= 15 is 0 Å². The van der Waals surface area contributed by atoms with Gasteiger partial charge in [0, 0.05) is 22.6 Å². The number of carboxylic acid groups (broad SMARTS) is 1. The number of Topliss-reactive ketones (excluding diaryl/α,β-unsaturated/α-hetero) is 1. The van der Waals surface area contributed by atoms with Gasteiger partial charge in [-0.1, -0.05) is 23.8 Å². The summed E-state index contributed by atoms with van der Waals surface area (Å²) in [6.07, 6.45) is 3.32. The summed E-state index contributed by atoms with van der Waals surface area (Å²) in [4.78, 5) is 66.4. The molecule has 0 aromatic heterocycles. The van der Waals surface area contributed by atoms with Crippen molar-refractivity contribution in [3.05, 3.63) is 93.9 Å². The van der Waals surface area contributed by atoms with Crippen LogP contribution in [0.4, 0.5) is 10.1 Å².